The van der Waals surface area contributed by atoms with Crippen molar-refractivity contribution in [1.82, 2.24) is 24.9 Å². The first kappa shape index (κ1) is 18.9. The van der Waals surface area contributed by atoms with Crippen LogP contribution in [0.5, 0.6) is 0 Å². The van der Waals surface area contributed by atoms with Crippen LogP contribution in [-0.2, 0) is 11.8 Å². The van der Waals surface area contributed by atoms with E-state index in [4.69, 9.17) is 7.48 Å². The zero-order valence-corrected chi connectivity index (χ0v) is 19.5. The predicted molar refractivity (Wildman–Crippen MR) is 130 cm³/mol. The van der Waals surface area contributed by atoms with E-state index in [1.165, 1.54) is 0 Å². The number of hydrogen-bond donors (Lipinski definition) is 1. The van der Waals surface area contributed by atoms with Gasteiger partial charge in [0.1, 0.15) is 5.82 Å². The quantitative estimate of drug-likeness (QED) is 0.636. The molecule has 1 saturated carbocycles. The molecule has 7 nitrogen and oxygen atoms in total. The molecule has 0 bridgehead atoms. The molecule has 6 rings (SSSR count). The summed E-state index contributed by atoms with van der Waals surface area (Å²) >= 11 is 0. The number of nitrogens with one attached hydrogen (secondary N) is 1. The van der Waals surface area contributed by atoms with Crippen molar-refractivity contribution in [3.63, 3.8) is 0 Å². The summed E-state index contributed by atoms with van der Waals surface area (Å²) in [4.78, 5) is 2.05. The first-order valence-electron chi connectivity index (χ1n) is 13.3. The van der Waals surface area contributed by atoms with E-state index in [2.05, 4.69) is 33.6 Å². The third-order valence-electron chi connectivity index (χ3n) is 7.62. The molecular formula is C26H34N6O. The average molecular weight is 449 g/mol. The van der Waals surface area contributed by atoms with Crippen LogP contribution in [0.15, 0.2) is 30.5 Å². The van der Waals surface area contributed by atoms with Crippen molar-refractivity contribution in [3.8, 4) is 11.3 Å². The Morgan fingerprint density at radius 3 is 2.70 bits per heavy atom. The molecule has 2 saturated heterocycles. The summed E-state index contributed by atoms with van der Waals surface area (Å²) < 4.78 is 25.1. The zero-order valence-electron chi connectivity index (χ0n) is 21.5. The van der Waals surface area contributed by atoms with Crippen LogP contribution < -0.4 is 5.32 Å². The van der Waals surface area contributed by atoms with Gasteiger partial charge >= 0.3 is 0 Å². The molecule has 1 aromatic carbocycles. The number of nitrogens with zero attached hydrogens (tertiary/aromatic N) is 5. The van der Waals surface area contributed by atoms with Gasteiger partial charge in [0.15, 0.2) is 0 Å². The molecule has 174 valence electrons. The zero-order chi connectivity index (χ0) is 24.2. The molecule has 2 aromatic heterocycles. The van der Waals surface area contributed by atoms with Gasteiger partial charge in [0.05, 0.1) is 17.3 Å². The fourth-order valence-electron chi connectivity index (χ4n) is 5.96. The smallest absolute Gasteiger partial charge is 0.148 e. The minimum absolute atomic E-state index is 0.291. The Hall–Kier alpha value is -2.51. The summed E-state index contributed by atoms with van der Waals surface area (Å²) in [5.41, 5.74) is 4.10. The fourth-order valence-corrected chi connectivity index (χ4v) is 5.96. The Labute approximate surface area is 198 Å². The van der Waals surface area contributed by atoms with Crippen LogP contribution >= 0.6 is 0 Å². The van der Waals surface area contributed by atoms with Gasteiger partial charge < -0.3 is 15.0 Å². The Morgan fingerprint density at radius 2 is 1.97 bits per heavy atom. The maximum Gasteiger partial charge on any atom is 0.148 e. The topological polar surface area (TPSA) is 68.1 Å². The van der Waals surface area contributed by atoms with Gasteiger partial charge in [0.25, 0.3) is 0 Å². The summed E-state index contributed by atoms with van der Waals surface area (Å²) in [5, 5.41) is 18.2. The maximum absolute atomic E-state index is 8.71. The number of aryl methyl sites for hydroxylation is 2. The Morgan fingerprint density at radius 1 is 1.12 bits per heavy atom. The molecular weight excluding hydrogens is 412 g/mol. The van der Waals surface area contributed by atoms with Crippen LogP contribution in [0.2, 0.25) is 0 Å². The van der Waals surface area contributed by atoms with E-state index in [1.807, 2.05) is 41.0 Å². The number of benzene rings is 1. The Kier molecular flexibility index (Phi) is 4.97. The van der Waals surface area contributed by atoms with Crippen molar-refractivity contribution in [2.45, 2.75) is 51.2 Å². The largest absolute Gasteiger partial charge is 0.377 e. The van der Waals surface area contributed by atoms with Crippen molar-refractivity contribution in [2.24, 2.45) is 18.9 Å². The molecule has 3 aliphatic rings. The summed E-state index contributed by atoms with van der Waals surface area (Å²) in [6.07, 6.45) is 6.78. The third-order valence-corrected chi connectivity index (χ3v) is 7.62. The third kappa shape index (κ3) is 4.24. The van der Waals surface area contributed by atoms with E-state index in [0.29, 0.717) is 24.5 Å². The monoisotopic (exact) mass is 448 g/mol. The van der Waals surface area contributed by atoms with E-state index < -0.39 is 6.50 Å². The molecule has 3 fully saturated rings. The number of ether oxygens (including phenoxy) is 1. The molecule has 1 N–H and O–H groups in total. The van der Waals surface area contributed by atoms with E-state index in [1.54, 1.807) is 0 Å². The van der Waals surface area contributed by atoms with Crippen molar-refractivity contribution < 1.29 is 7.48 Å². The van der Waals surface area contributed by atoms with Crippen molar-refractivity contribution in [1.29, 1.82) is 0 Å². The molecule has 33 heavy (non-hydrogen) atoms. The number of likely N-dealkylation sites (tertiary alicyclic amines) is 1. The SMILES string of the molecule is [2H]C([2H])([C@H]1CCCCO1)N1CC2CC(Nc3ccc(-c4ccc5nn(C)cc5c4C)nn3)CC2C1. The molecule has 1 aliphatic carbocycles. The van der Waals surface area contributed by atoms with Gasteiger partial charge in [-0.15, -0.1) is 10.2 Å². The lowest BCUT2D eigenvalue weighted by atomic mass is 10.0. The highest BCUT2D eigenvalue weighted by molar-refractivity contribution is 5.88. The number of anilines is 1. The molecule has 2 aliphatic heterocycles. The predicted octanol–water partition coefficient (Wildman–Crippen LogP) is 4.03. The average Bonchev–Trinajstić information content (AvgIpc) is 3.54. The molecule has 0 spiro atoms. The van der Waals surface area contributed by atoms with Gasteiger partial charge in [-0.05, 0) is 74.6 Å². The molecule has 0 amide bonds. The summed E-state index contributed by atoms with van der Waals surface area (Å²) in [7, 11) is 1.94. The molecule has 3 aromatic rings. The van der Waals surface area contributed by atoms with Gasteiger partial charge in [-0.3, -0.25) is 4.68 Å². The van der Waals surface area contributed by atoms with Crippen molar-refractivity contribution in [3.05, 3.63) is 36.0 Å². The van der Waals surface area contributed by atoms with E-state index >= 15 is 0 Å². The number of fused-ring (bicyclic) bond motifs is 2. The maximum atomic E-state index is 8.71. The van der Waals surface area contributed by atoms with Crippen molar-refractivity contribution >= 4 is 16.7 Å². The summed E-state index contributed by atoms with van der Waals surface area (Å²) in [6.45, 7) is 3.06. The van der Waals surface area contributed by atoms with Crippen LogP contribution in [0.4, 0.5) is 5.82 Å². The van der Waals surface area contributed by atoms with Gasteiger partial charge in [0.2, 0.25) is 0 Å². The molecule has 2 unspecified atom stereocenters. The second-order valence-corrected chi connectivity index (χ2v) is 10.00. The first-order chi connectivity index (χ1) is 16.9. The van der Waals surface area contributed by atoms with Gasteiger partial charge in [-0.1, -0.05) is 6.07 Å². The molecule has 7 heteroatoms. The van der Waals surface area contributed by atoms with Gasteiger partial charge in [-0.25, -0.2) is 0 Å². The second kappa shape index (κ2) is 8.69. The second-order valence-electron chi connectivity index (χ2n) is 10.00. The highest BCUT2D eigenvalue weighted by Crippen LogP contribution is 2.39. The lowest BCUT2D eigenvalue weighted by Crippen LogP contribution is -2.35. The van der Waals surface area contributed by atoms with Crippen LogP contribution in [0.25, 0.3) is 22.2 Å². The minimum atomic E-state index is -1.37. The normalized spacial score (nSPS) is 29.2. The molecule has 3 atom stereocenters. The van der Waals surface area contributed by atoms with Crippen LogP contribution in [0.3, 0.4) is 0 Å². The fraction of sp³-hybridized carbons (Fsp3) is 0.577. The number of rotatable bonds is 5. The Balaban J connectivity index is 1.08. The highest BCUT2D eigenvalue weighted by atomic mass is 16.5. The lowest BCUT2D eigenvalue weighted by Gasteiger charge is -2.28. The standard InChI is InChI=1S/C26H34N6O/c1-17-22(6-7-25-23(17)16-31(2)30-25)24-8-9-26(29-28-24)27-20-11-18-13-32(14-19(18)12-20)15-21-5-3-4-10-33-21/h6-9,16,18-21H,3-5,10-15H2,1-2H3,(H,27,29)/t18?,19?,20?,21-/m1/s1/i15D2. The van der Waals surface area contributed by atoms with Crippen LogP contribution in [0, 0.1) is 18.8 Å². The first-order valence-corrected chi connectivity index (χ1v) is 12.3. The van der Waals surface area contributed by atoms with E-state index in [0.717, 1.165) is 78.7 Å². The Bertz CT molecular complexity index is 1190. The summed E-state index contributed by atoms with van der Waals surface area (Å²) in [6, 6.07) is 8.53. The molecule has 4 heterocycles. The van der Waals surface area contributed by atoms with E-state index in [-0.39, 0.29) is 6.10 Å². The van der Waals surface area contributed by atoms with Crippen LogP contribution in [0.1, 0.15) is 40.4 Å². The van der Waals surface area contributed by atoms with Gasteiger partial charge in [-0.2, -0.15) is 5.10 Å². The number of hydrogen-bond acceptors (Lipinski definition) is 6. The minimum Gasteiger partial charge on any atom is -0.377 e. The molecule has 0 radical (unpaired) electrons. The summed E-state index contributed by atoms with van der Waals surface area (Å²) in [5.74, 6) is 1.85. The highest BCUT2D eigenvalue weighted by Gasteiger charge is 2.41. The lowest BCUT2D eigenvalue weighted by molar-refractivity contribution is -0.00303. The van der Waals surface area contributed by atoms with Crippen molar-refractivity contribution in [2.75, 3.05) is 31.5 Å². The van der Waals surface area contributed by atoms with Gasteiger partial charge in [0, 0.05) is 59.2 Å². The number of aromatic nitrogens is 4. The van der Waals surface area contributed by atoms with E-state index in [9.17, 15) is 0 Å². The van der Waals surface area contributed by atoms with Crippen LogP contribution in [-0.4, -0.2) is 63.2 Å².